The standard InChI is InChI=1S/C11H9IN4/c1-8-10(12)11(15-16(8)7-5-13)9-4-2-3-6-14-9/h2-4,6H,7H2,1H3. The summed E-state index contributed by atoms with van der Waals surface area (Å²) >= 11 is 2.24. The van der Waals surface area contributed by atoms with E-state index in [1.54, 1.807) is 10.9 Å². The Morgan fingerprint density at radius 2 is 2.31 bits per heavy atom. The molecule has 0 aromatic carbocycles. The van der Waals surface area contributed by atoms with Crippen LogP contribution in [0.2, 0.25) is 0 Å². The second-order valence-electron chi connectivity index (χ2n) is 3.28. The van der Waals surface area contributed by atoms with Crippen molar-refractivity contribution < 1.29 is 0 Å². The number of hydrogen-bond acceptors (Lipinski definition) is 3. The van der Waals surface area contributed by atoms with Crippen LogP contribution in [0, 0.1) is 21.8 Å². The summed E-state index contributed by atoms with van der Waals surface area (Å²) in [5, 5.41) is 13.1. The monoisotopic (exact) mass is 324 g/mol. The Labute approximate surface area is 107 Å². The van der Waals surface area contributed by atoms with Crippen LogP contribution in [-0.4, -0.2) is 14.8 Å². The molecule has 0 aliphatic heterocycles. The van der Waals surface area contributed by atoms with Crippen LogP contribution in [0.15, 0.2) is 24.4 Å². The highest BCUT2D eigenvalue weighted by Crippen LogP contribution is 2.24. The summed E-state index contributed by atoms with van der Waals surface area (Å²) in [7, 11) is 0. The van der Waals surface area contributed by atoms with Gasteiger partial charge in [0, 0.05) is 6.20 Å². The van der Waals surface area contributed by atoms with E-state index in [1.807, 2.05) is 25.1 Å². The van der Waals surface area contributed by atoms with Crippen molar-refractivity contribution in [2.75, 3.05) is 0 Å². The van der Waals surface area contributed by atoms with Gasteiger partial charge in [0.2, 0.25) is 0 Å². The topological polar surface area (TPSA) is 54.5 Å². The van der Waals surface area contributed by atoms with Crippen molar-refractivity contribution in [3.05, 3.63) is 33.7 Å². The van der Waals surface area contributed by atoms with Gasteiger partial charge in [-0.15, -0.1) is 0 Å². The molecule has 0 N–H and O–H groups in total. The average Bonchev–Trinajstić information content (AvgIpc) is 2.59. The molecular weight excluding hydrogens is 315 g/mol. The van der Waals surface area contributed by atoms with Crippen LogP contribution >= 0.6 is 22.6 Å². The third-order valence-corrected chi connectivity index (χ3v) is 3.55. The molecule has 0 bridgehead atoms. The quantitative estimate of drug-likeness (QED) is 0.797. The molecular formula is C11H9IN4. The van der Waals surface area contributed by atoms with Gasteiger partial charge in [0.05, 0.1) is 21.0 Å². The number of aromatic nitrogens is 3. The molecule has 80 valence electrons. The van der Waals surface area contributed by atoms with Crippen molar-refractivity contribution in [2.24, 2.45) is 0 Å². The van der Waals surface area contributed by atoms with Gasteiger partial charge in [0.15, 0.2) is 0 Å². The van der Waals surface area contributed by atoms with E-state index in [9.17, 15) is 0 Å². The molecule has 5 heteroatoms. The number of pyridine rings is 1. The largest absolute Gasteiger partial charge is 0.255 e. The summed E-state index contributed by atoms with van der Waals surface area (Å²) in [6, 6.07) is 7.81. The first-order chi connectivity index (χ1) is 7.74. The molecule has 0 fully saturated rings. The molecule has 0 atom stereocenters. The van der Waals surface area contributed by atoms with Gasteiger partial charge in [-0.25, -0.2) is 0 Å². The van der Waals surface area contributed by atoms with E-state index in [4.69, 9.17) is 5.26 Å². The van der Waals surface area contributed by atoms with Crippen LogP contribution in [0.25, 0.3) is 11.4 Å². The molecule has 0 aliphatic rings. The second kappa shape index (κ2) is 4.61. The smallest absolute Gasteiger partial charge is 0.128 e. The number of halogens is 1. The summed E-state index contributed by atoms with van der Waals surface area (Å²) in [6.07, 6.45) is 1.74. The zero-order chi connectivity index (χ0) is 11.5. The maximum atomic E-state index is 8.69. The minimum absolute atomic E-state index is 0.272. The van der Waals surface area contributed by atoms with E-state index in [-0.39, 0.29) is 6.54 Å². The molecule has 0 radical (unpaired) electrons. The van der Waals surface area contributed by atoms with Crippen molar-refractivity contribution in [1.29, 1.82) is 5.26 Å². The van der Waals surface area contributed by atoms with Gasteiger partial charge in [0.25, 0.3) is 0 Å². The number of rotatable bonds is 2. The molecule has 4 nitrogen and oxygen atoms in total. The van der Waals surface area contributed by atoms with Crippen molar-refractivity contribution >= 4 is 22.6 Å². The van der Waals surface area contributed by atoms with Crippen LogP contribution in [0.1, 0.15) is 5.69 Å². The highest BCUT2D eigenvalue weighted by molar-refractivity contribution is 14.1. The van der Waals surface area contributed by atoms with Crippen molar-refractivity contribution in [3.63, 3.8) is 0 Å². The van der Waals surface area contributed by atoms with Gasteiger partial charge in [-0.05, 0) is 41.6 Å². The minimum Gasteiger partial charge on any atom is -0.255 e. The van der Waals surface area contributed by atoms with Gasteiger partial charge in [-0.1, -0.05) is 6.07 Å². The summed E-state index contributed by atoms with van der Waals surface area (Å²) in [5.41, 5.74) is 2.68. The van der Waals surface area contributed by atoms with Gasteiger partial charge < -0.3 is 0 Å². The minimum atomic E-state index is 0.272. The van der Waals surface area contributed by atoms with E-state index in [0.29, 0.717) is 0 Å². The Kier molecular flexibility index (Phi) is 3.19. The Morgan fingerprint density at radius 3 is 2.94 bits per heavy atom. The normalized spacial score (nSPS) is 10.1. The van der Waals surface area contributed by atoms with Crippen molar-refractivity contribution in [1.82, 2.24) is 14.8 Å². The number of hydrogen-bond donors (Lipinski definition) is 0. The van der Waals surface area contributed by atoms with Crippen LogP contribution in [0.4, 0.5) is 0 Å². The van der Waals surface area contributed by atoms with Crippen LogP contribution < -0.4 is 0 Å². The molecule has 2 heterocycles. The molecule has 2 aromatic rings. The second-order valence-corrected chi connectivity index (χ2v) is 4.36. The Morgan fingerprint density at radius 1 is 1.50 bits per heavy atom. The lowest BCUT2D eigenvalue weighted by atomic mass is 10.2. The first-order valence-electron chi connectivity index (χ1n) is 4.75. The summed E-state index contributed by atoms with van der Waals surface area (Å²) in [5.74, 6) is 0. The van der Waals surface area contributed by atoms with E-state index in [0.717, 1.165) is 20.7 Å². The molecule has 16 heavy (non-hydrogen) atoms. The van der Waals surface area contributed by atoms with Crippen molar-refractivity contribution in [3.8, 4) is 17.5 Å². The highest BCUT2D eigenvalue weighted by atomic mass is 127. The molecule has 0 amide bonds. The Hall–Kier alpha value is -1.42. The van der Waals surface area contributed by atoms with Gasteiger partial charge in [-0.3, -0.25) is 9.67 Å². The Bertz CT molecular complexity index is 539. The van der Waals surface area contributed by atoms with Crippen LogP contribution in [0.5, 0.6) is 0 Å². The summed E-state index contributed by atoms with van der Waals surface area (Å²) < 4.78 is 2.75. The first-order valence-corrected chi connectivity index (χ1v) is 5.83. The molecule has 0 spiro atoms. The molecule has 0 saturated carbocycles. The lowest BCUT2D eigenvalue weighted by Gasteiger charge is -1.94. The Balaban J connectivity index is 2.52. The fourth-order valence-electron chi connectivity index (χ4n) is 1.41. The average molecular weight is 324 g/mol. The fraction of sp³-hybridized carbons (Fsp3) is 0.182. The van der Waals surface area contributed by atoms with Gasteiger partial charge in [0.1, 0.15) is 12.2 Å². The highest BCUT2D eigenvalue weighted by Gasteiger charge is 2.14. The maximum Gasteiger partial charge on any atom is 0.128 e. The lowest BCUT2D eigenvalue weighted by Crippen LogP contribution is -2.00. The molecule has 0 aliphatic carbocycles. The van der Waals surface area contributed by atoms with Crippen LogP contribution in [0.3, 0.4) is 0 Å². The molecule has 0 saturated heterocycles. The molecule has 2 rings (SSSR count). The van der Waals surface area contributed by atoms with E-state index in [1.165, 1.54) is 0 Å². The van der Waals surface area contributed by atoms with E-state index < -0.39 is 0 Å². The van der Waals surface area contributed by atoms with Crippen molar-refractivity contribution in [2.45, 2.75) is 13.5 Å². The van der Waals surface area contributed by atoms with E-state index >= 15 is 0 Å². The SMILES string of the molecule is Cc1c(I)c(-c2ccccn2)nn1CC#N. The van der Waals surface area contributed by atoms with Gasteiger partial charge >= 0.3 is 0 Å². The zero-order valence-electron chi connectivity index (χ0n) is 8.68. The lowest BCUT2D eigenvalue weighted by molar-refractivity contribution is 0.687. The fourth-order valence-corrected chi connectivity index (χ4v) is 2.07. The molecule has 0 unspecified atom stereocenters. The number of nitrogens with zero attached hydrogens (tertiary/aromatic N) is 4. The van der Waals surface area contributed by atoms with Gasteiger partial charge in [-0.2, -0.15) is 10.4 Å². The first kappa shape index (κ1) is 11.1. The number of nitriles is 1. The third kappa shape index (κ3) is 1.93. The predicted molar refractivity (Wildman–Crippen MR) is 68.5 cm³/mol. The van der Waals surface area contributed by atoms with E-state index in [2.05, 4.69) is 38.7 Å². The predicted octanol–water partition coefficient (Wildman–Crippen LogP) is 2.38. The maximum absolute atomic E-state index is 8.69. The third-order valence-electron chi connectivity index (χ3n) is 2.26. The van der Waals surface area contributed by atoms with Crippen LogP contribution in [-0.2, 0) is 6.54 Å². The zero-order valence-corrected chi connectivity index (χ0v) is 10.8. The summed E-state index contributed by atoms with van der Waals surface area (Å²) in [6.45, 7) is 2.23. The summed E-state index contributed by atoms with van der Waals surface area (Å²) in [4.78, 5) is 4.26. The molecule has 2 aromatic heterocycles.